The van der Waals surface area contributed by atoms with Gasteiger partial charge in [0.15, 0.2) is 0 Å². The quantitative estimate of drug-likeness (QED) is 0.413. The molecule has 0 saturated heterocycles. The van der Waals surface area contributed by atoms with Gasteiger partial charge in [0.05, 0.1) is 0 Å². The van der Waals surface area contributed by atoms with E-state index in [2.05, 4.69) is 19.1 Å². The lowest BCUT2D eigenvalue weighted by Crippen LogP contribution is -2.05. The van der Waals surface area contributed by atoms with Crippen LogP contribution in [0.1, 0.15) is 0 Å². The van der Waals surface area contributed by atoms with Crippen LogP contribution in [0.2, 0.25) is 0 Å². The van der Waals surface area contributed by atoms with E-state index in [0.29, 0.717) is 5.69 Å². The molecule has 0 aliphatic heterocycles. The zero-order valence-electron chi connectivity index (χ0n) is 8.38. The molecule has 0 spiro atoms. The van der Waals surface area contributed by atoms with Crippen LogP contribution < -0.4 is 10.4 Å². The number of fused-ring (bicyclic) bond motifs is 1. The van der Waals surface area contributed by atoms with Crippen molar-refractivity contribution in [2.75, 3.05) is 5.12 Å². The van der Waals surface area contributed by atoms with E-state index in [0.717, 1.165) is 21.2 Å². The van der Waals surface area contributed by atoms with Crippen LogP contribution in [-0.2, 0) is 0 Å². The molecule has 0 saturated carbocycles. The number of anilines is 1. The van der Waals surface area contributed by atoms with E-state index in [1.165, 1.54) is 0 Å². The molecule has 0 aliphatic rings. The van der Waals surface area contributed by atoms with Crippen LogP contribution in [0.5, 0.6) is 0 Å². The highest BCUT2D eigenvalue weighted by Gasteiger charge is 2.19. The zero-order chi connectivity index (χ0) is 11.5. The first kappa shape index (κ1) is 10.4. The molecular weight excluding hydrogens is 217 g/mol. The summed E-state index contributed by atoms with van der Waals surface area (Å²) in [6.07, 6.45) is 0. The fourth-order valence-corrected chi connectivity index (χ4v) is 2.07. The molecule has 4 heteroatoms. The van der Waals surface area contributed by atoms with Gasteiger partial charge in [0, 0.05) is 5.39 Å². The van der Waals surface area contributed by atoms with Gasteiger partial charge in [0.1, 0.15) is 0 Å². The maximum absolute atomic E-state index is 6.97. The maximum atomic E-state index is 6.97. The summed E-state index contributed by atoms with van der Waals surface area (Å²) in [4.78, 5) is 6.38. The Morgan fingerprint density at radius 2 is 1.62 bits per heavy atom. The van der Waals surface area contributed by atoms with Crippen LogP contribution in [0.3, 0.4) is 0 Å². The van der Waals surface area contributed by atoms with Gasteiger partial charge >= 0.3 is 0 Å². The zero-order valence-corrected chi connectivity index (χ0v) is 9.54. The third-order valence-corrected chi connectivity index (χ3v) is 2.80. The van der Waals surface area contributed by atoms with Crippen molar-refractivity contribution < 1.29 is 0 Å². The minimum Gasteiger partial charge on any atom is -0.176 e. The monoisotopic (exact) mass is 225 g/mol. The molecule has 0 aromatic heterocycles. The molecule has 0 amide bonds. The summed E-state index contributed by atoms with van der Waals surface area (Å²) in [5, 5.41) is 3.94. The van der Waals surface area contributed by atoms with Gasteiger partial charge in [-0.15, -0.1) is 9.24 Å². The van der Waals surface area contributed by atoms with Gasteiger partial charge in [-0.3, -0.25) is 0 Å². The van der Waals surface area contributed by atoms with E-state index in [9.17, 15) is 0 Å². The van der Waals surface area contributed by atoms with Crippen molar-refractivity contribution in [2.45, 2.75) is 0 Å². The van der Waals surface area contributed by atoms with Crippen LogP contribution >= 0.6 is 9.24 Å². The molecule has 76 valence electrons. The predicted octanol–water partition coefficient (Wildman–Crippen LogP) is 2.82. The Morgan fingerprint density at radius 3 is 2.25 bits per heavy atom. The predicted molar refractivity (Wildman–Crippen MR) is 69.0 cm³/mol. The summed E-state index contributed by atoms with van der Waals surface area (Å²) in [6, 6.07) is 11.5. The van der Waals surface area contributed by atoms with Gasteiger partial charge in [-0.1, -0.05) is 40.2 Å². The topological polar surface area (TPSA) is 12.0 Å². The first-order valence-corrected chi connectivity index (χ1v) is 5.17. The van der Waals surface area contributed by atoms with Gasteiger partial charge in [0.25, 0.3) is 0 Å². The lowest BCUT2D eigenvalue weighted by atomic mass is 10.1. The van der Waals surface area contributed by atoms with Crippen molar-refractivity contribution >= 4 is 31.0 Å². The Hall–Kier alpha value is -2.09. The van der Waals surface area contributed by atoms with Crippen LogP contribution in [0.15, 0.2) is 36.4 Å². The first-order valence-electron chi connectivity index (χ1n) is 4.60. The number of hydrogen-bond acceptors (Lipinski definition) is 1. The largest absolute Gasteiger partial charge is 0.241 e. The molecule has 2 rings (SSSR count). The van der Waals surface area contributed by atoms with Crippen molar-refractivity contribution in [1.29, 1.82) is 0 Å². The van der Waals surface area contributed by atoms with Crippen molar-refractivity contribution in [3.63, 3.8) is 0 Å². The third-order valence-electron chi connectivity index (χ3n) is 2.32. The Balaban J connectivity index is 2.82. The highest BCUT2D eigenvalue weighted by atomic mass is 31.0. The Kier molecular flexibility index (Phi) is 2.73. The summed E-state index contributed by atoms with van der Waals surface area (Å²) in [5.74, 6) is 0. The highest BCUT2D eigenvalue weighted by Crippen LogP contribution is 2.27. The standard InChI is InChI=1S/C12H8N3P/c1-13-15(14-2)10-7-3-5-9-6-4-8-11(16)12(9)10/h3-8H,16H2. The summed E-state index contributed by atoms with van der Waals surface area (Å²) >= 11 is 0. The average molecular weight is 225 g/mol. The first-order chi connectivity index (χ1) is 7.77. The van der Waals surface area contributed by atoms with Gasteiger partial charge in [0.2, 0.25) is 10.8 Å². The molecule has 1 atom stereocenters. The molecule has 0 bridgehead atoms. The van der Waals surface area contributed by atoms with Gasteiger partial charge in [-0.2, -0.15) is 13.1 Å². The molecule has 1 unspecified atom stereocenters. The maximum Gasteiger partial charge on any atom is 0.241 e. The summed E-state index contributed by atoms with van der Waals surface area (Å²) < 4.78 is 0. The lowest BCUT2D eigenvalue weighted by Gasteiger charge is -2.04. The fourth-order valence-electron chi connectivity index (χ4n) is 1.65. The molecule has 0 aliphatic carbocycles. The molecule has 0 fully saturated rings. The van der Waals surface area contributed by atoms with Crippen LogP contribution in [0.25, 0.3) is 20.7 Å². The van der Waals surface area contributed by atoms with E-state index in [1.807, 2.05) is 30.3 Å². The van der Waals surface area contributed by atoms with E-state index >= 15 is 0 Å². The Labute approximate surface area is 96.1 Å². The van der Waals surface area contributed by atoms with Crippen LogP contribution in [0, 0.1) is 13.1 Å². The molecule has 2 aromatic rings. The molecular formula is C12H8N3P. The summed E-state index contributed by atoms with van der Waals surface area (Å²) in [6.45, 7) is 13.9. The third kappa shape index (κ3) is 1.58. The minimum atomic E-state index is 0.633. The second-order valence-corrected chi connectivity index (χ2v) is 3.83. The van der Waals surface area contributed by atoms with E-state index in [4.69, 9.17) is 13.1 Å². The van der Waals surface area contributed by atoms with Gasteiger partial charge in [-0.25, -0.2) is 0 Å². The molecule has 0 heterocycles. The number of nitrogens with zero attached hydrogens (tertiary/aromatic N) is 3. The minimum absolute atomic E-state index is 0.633. The second-order valence-electron chi connectivity index (χ2n) is 3.21. The van der Waals surface area contributed by atoms with Crippen molar-refractivity contribution in [1.82, 2.24) is 0 Å². The number of hydrogen-bond donors (Lipinski definition) is 0. The normalized spacial score (nSPS) is 9.44. The summed E-state index contributed by atoms with van der Waals surface area (Å²) in [5.41, 5.74) is 0.633. The smallest absolute Gasteiger partial charge is 0.176 e. The van der Waals surface area contributed by atoms with E-state index < -0.39 is 0 Å². The molecule has 2 aromatic carbocycles. The van der Waals surface area contributed by atoms with Gasteiger partial charge < -0.3 is 0 Å². The average Bonchev–Trinajstić information content (AvgIpc) is 2.31. The van der Waals surface area contributed by atoms with Crippen LogP contribution in [0.4, 0.5) is 5.69 Å². The van der Waals surface area contributed by atoms with E-state index in [-0.39, 0.29) is 0 Å². The number of benzene rings is 2. The molecule has 0 N–H and O–H groups in total. The second kappa shape index (κ2) is 4.19. The Bertz CT molecular complexity index is 603. The van der Waals surface area contributed by atoms with Crippen molar-refractivity contribution in [3.8, 4) is 0 Å². The molecule has 3 nitrogen and oxygen atoms in total. The van der Waals surface area contributed by atoms with E-state index in [1.54, 1.807) is 6.07 Å². The SMILES string of the molecule is [C-]#[N+]N([N+]#[C-])c1cccc2cccc(P)c12. The molecule has 0 radical (unpaired) electrons. The lowest BCUT2D eigenvalue weighted by molar-refractivity contribution is 1.29. The van der Waals surface area contributed by atoms with Crippen LogP contribution in [-0.4, -0.2) is 0 Å². The fraction of sp³-hybridized carbons (Fsp3) is 0. The van der Waals surface area contributed by atoms with Crippen molar-refractivity contribution in [2.24, 2.45) is 0 Å². The van der Waals surface area contributed by atoms with Crippen molar-refractivity contribution in [3.05, 3.63) is 59.5 Å². The Morgan fingerprint density at radius 1 is 1.00 bits per heavy atom. The highest BCUT2D eigenvalue weighted by molar-refractivity contribution is 7.28. The van der Waals surface area contributed by atoms with Gasteiger partial charge in [-0.05, 0) is 16.8 Å². The molecule has 16 heavy (non-hydrogen) atoms. The number of rotatable bonds is 1. The summed E-state index contributed by atoms with van der Waals surface area (Å²) in [7, 11) is 2.63.